The molecule has 360 valence electrons. The first-order valence-corrected chi connectivity index (χ1v) is 89.5. The molecule has 0 aromatic heterocycles. The third-order valence-electron chi connectivity index (χ3n) is 9.72. The van der Waals surface area contributed by atoms with Gasteiger partial charge in [-0.25, -0.2) is 18.0 Å². The van der Waals surface area contributed by atoms with Crippen LogP contribution < -0.4 is 77.1 Å². The Morgan fingerprint density at radius 2 is 0.818 bits per heavy atom. The molecule has 21 heteroatoms. The summed E-state index contributed by atoms with van der Waals surface area (Å²) in [7, 11) is 1.37. The number of nitrogen functional groups attached to an aromatic ring is 1. The number of carbonyl (C=O) groups is 2. The zero-order valence-electron chi connectivity index (χ0n) is 48.7. The van der Waals surface area contributed by atoms with Crippen molar-refractivity contribution < 1.29 is 85.0 Å². The van der Waals surface area contributed by atoms with Crippen LogP contribution in [0.3, 0.4) is 0 Å². The molecule has 77 heavy (non-hydrogen) atoms. The van der Waals surface area contributed by atoms with Crippen molar-refractivity contribution in [1.82, 2.24) is 0 Å². The molecule has 9 nitrogen and oxygen atoms in total. The summed E-state index contributed by atoms with van der Waals surface area (Å²) in [4.78, 5) is 29.1. The van der Waals surface area contributed by atoms with Crippen LogP contribution >= 0.6 is 0 Å². The molecule has 0 unspecified atom stereocenters. The molecule has 6 aromatic carbocycles. The average Bonchev–Trinajstić information content (AvgIpc) is 3.43. The van der Waals surface area contributed by atoms with Crippen molar-refractivity contribution in [2.75, 3.05) is 52.5 Å². The van der Waals surface area contributed by atoms with Gasteiger partial charge >= 0.3 is 316 Å². The van der Waals surface area contributed by atoms with Crippen molar-refractivity contribution in [3.05, 3.63) is 185 Å². The molecule has 0 fully saturated rings. The van der Waals surface area contributed by atoms with Gasteiger partial charge in [-0.1, -0.05) is 66.3 Å². The van der Waals surface area contributed by atoms with E-state index in [0.717, 1.165) is 39.3 Å². The standard InChI is InChI=1S/C21H23FN2O2.C19H18FNO2.C16H15FN2.9K.H/c1-5-14-24(15-16-6-8-17(22)9-7-16)19-12-10-18(11-13-19)23-20(25)26-21(2,3)4;1-3-12-21(14-16-4-8-17(20)9-5-16)18-10-6-15(7-11-18)13-19(22)23-2;1-2-11-19(16-9-7-15(18)8-10-16)12-13-3-5-14(17)6-4-13;;;;;;;;;;/h1,6-13H,14-15H2,2-4H3,(H,23,25);1,4-11H,12-14H2,2H3;1,3-10H,11-12,18H2;;;;;;;;;;/q;;;;;;;;;;;+1;-1. The van der Waals surface area contributed by atoms with Gasteiger partial charge in [0.25, 0.3) is 0 Å². The number of hydrogen-bond donors (Lipinski definition) is 2. The minimum atomic E-state index is -0.553. The molecule has 0 saturated carbocycles. The zero-order chi connectivity index (χ0) is 57.5. The number of esters is 1. The Hall–Kier alpha value is 6.46. The molecule has 0 spiro atoms. The summed E-state index contributed by atoms with van der Waals surface area (Å²) in [5, 5.41) is 2.69. The first-order chi connectivity index (χ1) is 36.6. The fourth-order valence-electron chi connectivity index (χ4n) is 6.40. The number of halogens is 3. The topological polar surface area (TPSA) is 100 Å². The fourth-order valence-corrected chi connectivity index (χ4v) is 6.40. The summed E-state index contributed by atoms with van der Waals surface area (Å²) in [6.45, 7) is 8.54. The van der Waals surface area contributed by atoms with Gasteiger partial charge in [0.1, 0.15) is 23.1 Å². The van der Waals surface area contributed by atoms with Crippen LogP contribution in [0.25, 0.3) is 0 Å². The Morgan fingerprint density at radius 1 is 0.532 bits per heavy atom. The molecular formula is C56H57F3K9N5O4. The number of methoxy groups -OCH3 is 1. The zero-order valence-corrected chi connectivity index (χ0v) is 75.8. The molecule has 0 radical (unpaired) electrons. The number of ether oxygens (including phenoxy) is 2. The Kier molecular flexibility index (Phi) is 60.2. The number of rotatable bonds is 15. The van der Waals surface area contributed by atoms with Crippen molar-refractivity contribution >= 4 is 293 Å². The van der Waals surface area contributed by atoms with E-state index >= 15 is 0 Å². The number of nitrogens with one attached hydrogen (secondary N) is 1. The predicted octanol–water partition coefficient (Wildman–Crippen LogP) is 5.11. The third-order valence-corrected chi connectivity index (χ3v) is 9.72. The summed E-state index contributed by atoms with van der Waals surface area (Å²) in [6.07, 6.45) is 16.1. The summed E-state index contributed by atoms with van der Waals surface area (Å²) >= 11 is 10.0. The molecule has 0 aliphatic heterocycles. The van der Waals surface area contributed by atoms with Crippen molar-refractivity contribution in [3.8, 4) is 37.0 Å². The second-order valence-electron chi connectivity index (χ2n) is 16.2. The second kappa shape index (κ2) is 54.2. The molecule has 0 heterocycles. The van der Waals surface area contributed by atoms with E-state index in [4.69, 9.17) is 29.7 Å². The number of anilines is 5. The Bertz CT molecular complexity index is 2660. The predicted molar refractivity (Wildman–Crippen MR) is 315 cm³/mol. The van der Waals surface area contributed by atoms with Crippen LogP contribution in [0.15, 0.2) is 146 Å². The van der Waals surface area contributed by atoms with Crippen LogP contribution in [0.4, 0.5) is 46.4 Å². The first kappa shape index (κ1) is 85.5. The van der Waals surface area contributed by atoms with Crippen LogP contribution in [0, 0.1) is 54.5 Å². The van der Waals surface area contributed by atoms with Crippen LogP contribution in [-0.2, 0) is 40.3 Å². The van der Waals surface area contributed by atoms with Gasteiger partial charge in [0, 0.05) is 48.1 Å². The number of hydrogen-bond acceptors (Lipinski definition) is 8. The molecule has 6 aromatic rings. The van der Waals surface area contributed by atoms with Crippen molar-refractivity contribution in [3.63, 3.8) is 0 Å². The molecule has 6 rings (SSSR count). The molecule has 3 N–H and O–H groups in total. The number of benzene rings is 6. The van der Waals surface area contributed by atoms with Crippen LogP contribution in [0.5, 0.6) is 0 Å². The van der Waals surface area contributed by atoms with E-state index in [9.17, 15) is 22.8 Å². The number of nitrogens with zero attached hydrogens (tertiary/aromatic N) is 3. The first-order valence-electron chi connectivity index (χ1n) is 25.5. The summed E-state index contributed by atoms with van der Waals surface area (Å²) in [6, 6.07) is 41.5. The molecule has 0 saturated heterocycles. The van der Waals surface area contributed by atoms with Gasteiger partial charge in [-0.05, 0) is 140 Å². The number of nitrogens with two attached hydrogens (primary N) is 1. The molecule has 0 aliphatic rings. The van der Waals surface area contributed by atoms with Crippen LogP contribution in [0.2, 0.25) is 0 Å². The molecule has 1 amide bonds. The minimum absolute atomic E-state index is 0. The SMILES string of the molecule is C#CCN(Cc1ccc(F)cc1)c1ccc(CC(=O)OC)cc1.C#CCN(Cc1ccc(F)cc1)c1ccc(N)cc1.C#CCN(Cc1ccc(F)cc1)c1ccc(NC(=O)OC(C)(C)C)cc1.[H-].[K+].[K][K].[K][K].[K][K].[K][K]. The average molecular weight is 1270 g/mol. The van der Waals surface area contributed by atoms with E-state index in [1.54, 1.807) is 48.5 Å². The van der Waals surface area contributed by atoms with Gasteiger partial charge in [-0.2, -0.15) is 0 Å². The number of carbonyl (C=O) groups excluding carboxylic acids is 2. The van der Waals surface area contributed by atoms with E-state index in [1.165, 1.54) is 296 Å². The fraction of sp³-hybridized carbons (Fsp3) is 0.214. The van der Waals surface area contributed by atoms with E-state index in [2.05, 4.69) is 27.8 Å². The Balaban J connectivity index is -0.00000101. The quantitative estimate of drug-likeness (QED) is 0.0635. The van der Waals surface area contributed by atoms with Crippen molar-refractivity contribution in [2.45, 2.75) is 52.4 Å². The normalized spacial score (nSPS) is 9.45. The van der Waals surface area contributed by atoms with Gasteiger partial charge < -0.3 is 31.3 Å². The van der Waals surface area contributed by atoms with Gasteiger partial charge in [-0.3, -0.25) is 10.1 Å². The number of terminal acetylenes is 3. The number of amides is 1. The van der Waals surface area contributed by atoms with E-state index in [-0.39, 0.29) is 82.7 Å². The summed E-state index contributed by atoms with van der Waals surface area (Å²) < 4.78 is 48.8. The van der Waals surface area contributed by atoms with Crippen LogP contribution in [0.1, 0.15) is 44.5 Å². The van der Waals surface area contributed by atoms with Gasteiger partial charge in [0.2, 0.25) is 0 Å². The van der Waals surface area contributed by atoms with E-state index in [0.29, 0.717) is 50.6 Å². The summed E-state index contributed by atoms with van der Waals surface area (Å²) in [5.74, 6) is 6.86. The van der Waals surface area contributed by atoms with Crippen molar-refractivity contribution in [2.24, 2.45) is 0 Å². The van der Waals surface area contributed by atoms with E-state index < -0.39 is 11.7 Å². The maximum absolute atomic E-state index is 13.1. The maximum atomic E-state index is 13.1. The Morgan fingerprint density at radius 3 is 1.10 bits per heavy atom. The molecule has 0 bridgehead atoms. The second-order valence-corrected chi connectivity index (χ2v) is 16.2. The third kappa shape index (κ3) is 40.7. The van der Waals surface area contributed by atoms with Gasteiger partial charge in [0.15, 0.2) is 0 Å². The van der Waals surface area contributed by atoms with Gasteiger partial charge in [0.05, 0.1) is 33.2 Å². The monoisotopic (exact) mass is 1270 g/mol. The van der Waals surface area contributed by atoms with Gasteiger partial charge in [-0.15, -0.1) is 19.3 Å². The Labute approximate surface area is 682 Å². The van der Waals surface area contributed by atoms with E-state index in [1.807, 2.05) is 96.1 Å². The van der Waals surface area contributed by atoms with Crippen LogP contribution in [-0.4, -0.2) is 297 Å². The van der Waals surface area contributed by atoms with Crippen molar-refractivity contribution in [1.29, 1.82) is 0 Å². The summed E-state index contributed by atoms with van der Waals surface area (Å²) in [5.41, 5.74) is 13.1. The molecule has 0 aliphatic carbocycles. The molecular weight excluding hydrogens is 1220 g/mol. The molecule has 0 atom stereocenters.